The molecule has 0 spiro atoms. The van der Waals surface area contributed by atoms with Gasteiger partial charge in [-0.05, 0) is 43.7 Å². The van der Waals surface area contributed by atoms with E-state index in [-0.39, 0.29) is 5.91 Å². The summed E-state index contributed by atoms with van der Waals surface area (Å²) >= 11 is 0. The molecule has 0 N–H and O–H groups in total. The van der Waals surface area contributed by atoms with Crippen LogP contribution < -0.4 is 9.47 Å². The van der Waals surface area contributed by atoms with Crippen molar-refractivity contribution in [1.82, 2.24) is 14.3 Å². The Kier molecular flexibility index (Phi) is 5.41. The van der Waals surface area contributed by atoms with Gasteiger partial charge in [-0.25, -0.2) is 4.98 Å². The number of pyridine rings is 1. The quantitative estimate of drug-likeness (QED) is 0.655. The van der Waals surface area contributed by atoms with Crippen molar-refractivity contribution in [3.8, 4) is 11.5 Å². The summed E-state index contributed by atoms with van der Waals surface area (Å²) in [5, 5.41) is 0. The van der Waals surface area contributed by atoms with Gasteiger partial charge in [-0.2, -0.15) is 0 Å². The Labute approximate surface area is 153 Å². The minimum Gasteiger partial charge on any atom is -0.490 e. The molecule has 26 heavy (non-hydrogen) atoms. The molecule has 0 fully saturated rings. The smallest absolute Gasteiger partial charge is 0.273 e. The number of carbonyl (C=O) groups excluding carboxylic acids is 1. The van der Waals surface area contributed by atoms with Gasteiger partial charge in [0.2, 0.25) is 0 Å². The van der Waals surface area contributed by atoms with E-state index in [0.29, 0.717) is 37.0 Å². The zero-order valence-electron chi connectivity index (χ0n) is 15.3. The Morgan fingerprint density at radius 2 is 1.92 bits per heavy atom. The molecule has 3 rings (SSSR count). The average molecular weight is 353 g/mol. The van der Waals surface area contributed by atoms with Crippen molar-refractivity contribution in [3.63, 3.8) is 0 Å². The lowest BCUT2D eigenvalue weighted by Crippen LogP contribution is -2.31. The molecule has 2 heterocycles. The molecule has 1 amide bonds. The first kappa shape index (κ1) is 17.8. The largest absolute Gasteiger partial charge is 0.490 e. The van der Waals surface area contributed by atoms with Gasteiger partial charge >= 0.3 is 0 Å². The first-order chi connectivity index (χ1) is 12.6. The molecule has 2 aromatic heterocycles. The number of likely N-dealkylation sites (N-methyl/N-ethyl adjacent to an activating group) is 1. The van der Waals surface area contributed by atoms with Crippen LogP contribution >= 0.6 is 0 Å². The van der Waals surface area contributed by atoms with Crippen LogP contribution in [0.25, 0.3) is 5.65 Å². The SMILES string of the molecule is CCOc1ccccc1OCCN(C)C(=O)c1cn2ccc(C)cc2n1. The maximum Gasteiger partial charge on any atom is 0.273 e. The zero-order chi connectivity index (χ0) is 18.5. The third-order valence-electron chi connectivity index (χ3n) is 4.01. The zero-order valence-corrected chi connectivity index (χ0v) is 15.3. The highest BCUT2D eigenvalue weighted by Gasteiger charge is 2.16. The second-order valence-electron chi connectivity index (χ2n) is 6.05. The number of nitrogens with zero attached hydrogens (tertiary/aromatic N) is 3. The summed E-state index contributed by atoms with van der Waals surface area (Å²) in [4.78, 5) is 18.6. The predicted molar refractivity (Wildman–Crippen MR) is 100.0 cm³/mol. The Morgan fingerprint density at radius 3 is 2.65 bits per heavy atom. The van der Waals surface area contributed by atoms with Crippen molar-refractivity contribution in [1.29, 1.82) is 0 Å². The molecule has 0 aliphatic rings. The van der Waals surface area contributed by atoms with E-state index in [1.165, 1.54) is 0 Å². The van der Waals surface area contributed by atoms with Crippen LogP contribution in [0.15, 0.2) is 48.8 Å². The number of rotatable bonds is 7. The van der Waals surface area contributed by atoms with Gasteiger partial charge in [0, 0.05) is 19.4 Å². The number of aryl methyl sites for hydroxylation is 1. The number of carbonyl (C=O) groups is 1. The van der Waals surface area contributed by atoms with Gasteiger partial charge in [0.25, 0.3) is 5.91 Å². The molecule has 0 aliphatic heterocycles. The molecule has 6 nitrogen and oxygen atoms in total. The number of aromatic nitrogens is 2. The molecular weight excluding hydrogens is 330 g/mol. The van der Waals surface area contributed by atoms with Gasteiger partial charge in [-0.3, -0.25) is 4.79 Å². The topological polar surface area (TPSA) is 56.1 Å². The normalized spacial score (nSPS) is 10.7. The van der Waals surface area contributed by atoms with Crippen molar-refractivity contribution in [2.24, 2.45) is 0 Å². The van der Waals surface area contributed by atoms with E-state index < -0.39 is 0 Å². The Balaban J connectivity index is 1.60. The van der Waals surface area contributed by atoms with Gasteiger partial charge < -0.3 is 18.8 Å². The molecule has 0 saturated heterocycles. The number of amides is 1. The average Bonchev–Trinajstić information content (AvgIpc) is 3.05. The maximum atomic E-state index is 12.6. The summed E-state index contributed by atoms with van der Waals surface area (Å²) in [6, 6.07) is 11.5. The molecule has 0 saturated carbocycles. The molecule has 0 aliphatic carbocycles. The van der Waals surface area contributed by atoms with Crippen LogP contribution in [0, 0.1) is 6.92 Å². The fourth-order valence-corrected chi connectivity index (χ4v) is 2.62. The lowest BCUT2D eigenvalue weighted by Gasteiger charge is -2.17. The lowest BCUT2D eigenvalue weighted by molar-refractivity contribution is 0.0768. The number of fused-ring (bicyclic) bond motifs is 1. The van der Waals surface area contributed by atoms with E-state index in [9.17, 15) is 4.79 Å². The molecule has 0 atom stereocenters. The summed E-state index contributed by atoms with van der Waals surface area (Å²) < 4.78 is 13.2. The number of ether oxygens (including phenoxy) is 2. The molecule has 6 heteroatoms. The fourth-order valence-electron chi connectivity index (χ4n) is 2.62. The lowest BCUT2D eigenvalue weighted by atomic mass is 10.3. The predicted octanol–water partition coefficient (Wildman–Crippen LogP) is 3.19. The highest BCUT2D eigenvalue weighted by molar-refractivity contribution is 5.92. The molecule has 3 aromatic rings. The molecule has 0 unspecified atom stereocenters. The summed E-state index contributed by atoms with van der Waals surface area (Å²) in [5.74, 6) is 1.26. The van der Waals surface area contributed by atoms with Crippen LogP contribution in [0.4, 0.5) is 0 Å². The highest BCUT2D eigenvalue weighted by Crippen LogP contribution is 2.26. The molecule has 1 aromatic carbocycles. The third kappa shape index (κ3) is 3.96. The molecule has 136 valence electrons. The number of hydrogen-bond acceptors (Lipinski definition) is 4. The Morgan fingerprint density at radius 1 is 1.19 bits per heavy atom. The number of hydrogen-bond donors (Lipinski definition) is 0. The van der Waals surface area contributed by atoms with E-state index >= 15 is 0 Å². The first-order valence-electron chi connectivity index (χ1n) is 8.64. The minimum absolute atomic E-state index is 0.131. The monoisotopic (exact) mass is 353 g/mol. The van der Waals surface area contributed by atoms with Crippen LogP contribution in [0.2, 0.25) is 0 Å². The molecule has 0 radical (unpaired) electrons. The van der Waals surface area contributed by atoms with Gasteiger partial charge in [0.05, 0.1) is 13.2 Å². The van der Waals surface area contributed by atoms with Gasteiger partial charge in [0.15, 0.2) is 11.5 Å². The summed E-state index contributed by atoms with van der Waals surface area (Å²) in [6.45, 7) is 5.33. The summed E-state index contributed by atoms with van der Waals surface area (Å²) in [5.41, 5.74) is 2.30. The van der Waals surface area contributed by atoms with Crippen molar-refractivity contribution in [3.05, 3.63) is 60.0 Å². The maximum absolute atomic E-state index is 12.6. The van der Waals surface area contributed by atoms with Crippen LogP contribution in [-0.2, 0) is 0 Å². The Hall–Kier alpha value is -3.02. The van der Waals surface area contributed by atoms with Crippen LogP contribution in [-0.4, -0.2) is 47.0 Å². The van der Waals surface area contributed by atoms with Crippen LogP contribution in [0.3, 0.4) is 0 Å². The van der Waals surface area contributed by atoms with E-state index in [0.717, 1.165) is 11.2 Å². The van der Waals surface area contributed by atoms with Crippen molar-refractivity contribution < 1.29 is 14.3 Å². The van der Waals surface area contributed by atoms with Gasteiger partial charge in [0.1, 0.15) is 17.9 Å². The van der Waals surface area contributed by atoms with Gasteiger partial charge in [-0.1, -0.05) is 12.1 Å². The minimum atomic E-state index is -0.131. The second-order valence-corrected chi connectivity index (χ2v) is 6.05. The first-order valence-corrected chi connectivity index (χ1v) is 8.64. The van der Waals surface area contributed by atoms with Crippen molar-refractivity contribution in [2.75, 3.05) is 26.8 Å². The second kappa shape index (κ2) is 7.91. The molecular formula is C20H23N3O3. The van der Waals surface area contributed by atoms with E-state index in [4.69, 9.17) is 9.47 Å². The van der Waals surface area contributed by atoms with Crippen LogP contribution in [0.1, 0.15) is 23.0 Å². The summed E-state index contributed by atoms with van der Waals surface area (Å²) in [7, 11) is 1.75. The van der Waals surface area contributed by atoms with Crippen LogP contribution in [0.5, 0.6) is 11.5 Å². The summed E-state index contributed by atoms with van der Waals surface area (Å²) in [6.07, 6.45) is 3.65. The number of imidazole rings is 1. The van der Waals surface area contributed by atoms with E-state index in [2.05, 4.69) is 4.98 Å². The van der Waals surface area contributed by atoms with Crippen molar-refractivity contribution >= 4 is 11.6 Å². The third-order valence-corrected chi connectivity index (χ3v) is 4.01. The number of para-hydroxylation sites is 2. The van der Waals surface area contributed by atoms with Gasteiger partial charge in [-0.15, -0.1) is 0 Å². The van der Waals surface area contributed by atoms with E-state index in [1.807, 2.05) is 60.8 Å². The highest BCUT2D eigenvalue weighted by atomic mass is 16.5. The Bertz CT molecular complexity index is 904. The van der Waals surface area contributed by atoms with Crippen molar-refractivity contribution in [2.45, 2.75) is 13.8 Å². The number of benzene rings is 1. The van der Waals surface area contributed by atoms with E-state index in [1.54, 1.807) is 18.1 Å². The fraction of sp³-hybridized carbons (Fsp3) is 0.300. The molecule has 0 bridgehead atoms. The standard InChI is InChI=1S/C20H23N3O3/c1-4-25-17-7-5-6-8-18(17)26-12-11-22(3)20(24)16-14-23-10-9-15(2)13-19(23)21-16/h5-10,13-14H,4,11-12H2,1-3H3.